The van der Waals surface area contributed by atoms with E-state index in [1.165, 1.54) is 6.07 Å². The Labute approximate surface area is 273 Å². The summed E-state index contributed by atoms with van der Waals surface area (Å²) in [6, 6.07) is 36.0. The molecule has 4 aromatic carbocycles. The van der Waals surface area contributed by atoms with E-state index in [0.717, 1.165) is 28.6 Å². The summed E-state index contributed by atoms with van der Waals surface area (Å²) < 4.78 is 43.7. The van der Waals surface area contributed by atoms with Gasteiger partial charge in [0.05, 0.1) is 22.9 Å². The van der Waals surface area contributed by atoms with Crippen LogP contribution in [0.15, 0.2) is 115 Å². The summed E-state index contributed by atoms with van der Waals surface area (Å²) in [5.41, 5.74) is 0.582. The van der Waals surface area contributed by atoms with Gasteiger partial charge in [0.1, 0.15) is 17.0 Å². The highest BCUT2D eigenvalue weighted by Gasteiger charge is 2.44. The molecule has 0 radical (unpaired) electrons. The average Bonchev–Trinajstić information content (AvgIpc) is 3.49. The number of halogens is 3. The lowest BCUT2D eigenvalue weighted by atomic mass is 9.76. The molecule has 1 aromatic heterocycles. The van der Waals surface area contributed by atoms with Gasteiger partial charge in [-0.25, -0.2) is 4.98 Å². The highest BCUT2D eigenvalue weighted by atomic mass is 19.4. The predicted molar refractivity (Wildman–Crippen MR) is 177 cm³/mol. The summed E-state index contributed by atoms with van der Waals surface area (Å²) in [5, 5.41) is 21.7. The number of alkyl halides is 3. The molecule has 0 saturated heterocycles. The molecular formula is C39H37F3N4O. The molecule has 1 aliphatic rings. The third-order valence-corrected chi connectivity index (χ3v) is 9.54. The van der Waals surface area contributed by atoms with Crippen LogP contribution in [0.25, 0.3) is 0 Å². The van der Waals surface area contributed by atoms with Gasteiger partial charge < -0.3 is 14.6 Å². The Bertz CT molecular complexity index is 1770. The number of benzene rings is 4. The number of aliphatic hydroxyl groups is 1. The lowest BCUT2D eigenvalue weighted by Crippen LogP contribution is -2.45. The lowest BCUT2D eigenvalue weighted by Gasteiger charge is -2.42. The largest absolute Gasteiger partial charge is 0.417 e. The number of aryl methyl sites for hydroxylation is 1. The maximum atomic E-state index is 13.9. The second-order valence-electron chi connectivity index (χ2n) is 12.3. The van der Waals surface area contributed by atoms with Gasteiger partial charge in [-0.3, -0.25) is 0 Å². The molecule has 6 rings (SSSR count). The number of aromatic nitrogens is 2. The standard InChI is InChI=1S/C39H37F3N4O/c1-3-45(33-22-21-29(26-43)35(24-33)39(40,41)42)34-20-13-23-37(47,25-34)36-27-46(28(2)44-36)38(30-14-7-4-8-15-30,31-16-9-5-10-17-31)32-18-11-6-12-19-32/h4-12,14-19,21-22,24,27,34,47H,3,13,20,23,25H2,1-2H3. The van der Waals surface area contributed by atoms with Gasteiger partial charge in [-0.15, -0.1) is 0 Å². The first-order chi connectivity index (χ1) is 22.6. The van der Waals surface area contributed by atoms with Gasteiger partial charge in [-0.05, 0) is 68.0 Å². The van der Waals surface area contributed by atoms with E-state index in [1.54, 1.807) is 12.1 Å². The number of rotatable bonds is 8. The van der Waals surface area contributed by atoms with E-state index in [2.05, 4.69) is 41.0 Å². The van der Waals surface area contributed by atoms with E-state index < -0.39 is 28.4 Å². The Hall–Kier alpha value is -4.87. The van der Waals surface area contributed by atoms with E-state index in [9.17, 15) is 23.5 Å². The van der Waals surface area contributed by atoms with Crippen molar-refractivity contribution in [1.29, 1.82) is 5.26 Å². The van der Waals surface area contributed by atoms with Gasteiger partial charge in [0, 0.05) is 30.9 Å². The number of anilines is 1. The summed E-state index contributed by atoms with van der Waals surface area (Å²) in [7, 11) is 0. The van der Waals surface area contributed by atoms with Crippen LogP contribution in [-0.2, 0) is 17.3 Å². The number of nitriles is 1. The van der Waals surface area contributed by atoms with Gasteiger partial charge in [-0.1, -0.05) is 91.0 Å². The maximum Gasteiger partial charge on any atom is 0.417 e. The molecule has 0 bridgehead atoms. The van der Waals surface area contributed by atoms with Crippen LogP contribution in [0.2, 0.25) is 0 Å². The van der Waals surface area contributed by atoms with Crippen molar-refractivity contribution in [1.82, 2.24) is 9.55 Å². The van der Waals surface area contributed by atoms with E-state index >= 15 is 0 Å². The van der Waals surface area contributed by atoms with Crippen molar-refractivity contribution in [3.63, 3.8) is 0 Å². The van der Waals surface area contributed by atoms with Crippen LogP contribution in [0.4, 0.5) is 18.9 Å². The Morgan fingerprint density at radius 1 is 0.915 bits per heavy atom. The molecule has 5 nitrogen and oxygen atoms in total. The minimum atomic E-state index is -4.65. The SMILES string of the molecule is CCN(c1ccc(C#N)c(C(F)(F)F)c1)C1CCCC(O)(c2cn(C(c3ccccc3)(c3ccccc3)c3ccccc3)c(C)n2)C1. The maximum absolute atomic E-state index is 13.9. The molecule has 5 aromatic rings. The molecule has 1 saturated carbocycles. The highest BCUT2D eigenvalue weighted by Crippen LogP contribution is 2.45. The quantitative estimate of drug-likeness (QED) is 0.174. The second-order valence-corrected chi connectivity index (χ2v) is 12.3. The summed E-state index contributed by atoms with van der Waals surface area (Å²) >= 11 is 0. The monoisotopic (exact) mass is 634 g/mol. The van der Waals surface area contributed by atoms with Crippen LogP contribution in [0.3, 0.4) is 0 Å². The van der Waals surface area contributed by atoms with Crippen LogP contribution in [0.1, 0.15) is 71.9 Å². The Kier molecular flexibility index (Phi) is 8.69. The molecule has 8 heteroatoms. The van der Waals surface area contributed by atoms with Crippen molar-refractivity contribution in [2.75, 3.05) is 11.4 Å². The Morgan fingerprint density at radius 3 is 1.96 bits per heavy atom. The zero-order valence-electron chi connectivity index (χ0n) is 26.5. The van der Waals surface area contributed by atoms with E-state index in [1.807, 2.05) is 79.5 Å². The molecule has 0 aliphatic heterocycles. The van der Waals surface area contributed by atoms with E-state index in [0.29, 0.717) is 43.6 Å². The van der Waals surface area contributed by atoms with E-state index in [-0.39, 0.29) is 6.04 Å². The predicted octanol–water partition coefficient (Wildman–Crippen LogP) is 8.58. The smallest absolute Gasteiger partial charge is 0.383 e. The molecule has 1 N–H and O–H groups in total. The third kappa shape index (κ3) is 5.81. The van der Waals surface area contributed by atoms with Crippen molar-refractivity contribution in [3.05, 3.63) is 155 Å². The normalized spacial score (nSPS) is 18.4. The molecule has 2 atom stereocenters. The molecular weight excluding hydrogens is 597 g/mol. The zero-order chi connectivity index (χ0) is 33.2. The van der Waals surface area contributed by atoms with Crippen LogP contribution in [-0.4, -0.2) is 27.2 Å². The fourth-order valence-corrected chi connectivity index (χ4v) is 7.41. The second kappa shape index (κ2) is 12.7. The van der Waals surface area contributed by atoms with Gasteiger partial charge in [0.25, 0.3) is 0 Å². The van der Waals surface area contributed by atoms with Crippen LogP contribution in [0.5, 0.6) is 0 Å². The summed E-state index contributed by atoms with van der Waals surface area (Å²) in [4.78, 5) is 6.93. The summed E-state index contributed by atoms with van der Waals surface area (Å²) in [5.74, 6) is 0.723. The van der Waals surface area contributed by atoms with Gasteiger partial charge >= 0.3 is 6.18 Å². The first-order valence-electron chi connectivity index (χ1n) is 16.0. The van der Waals surface area contributed by atoms with Gasteiger partial charge in [0.2, 0.25) is 0 Å². The molecule has 0 spiro atoms. The molecule has 1 heterocycles. The Morgan fingerprint density at radius 2 is 1.47 bits per heavy atom. The van der Waals surface area contributed by atoms with E-state index in [4.69, 9.17) is 4.98 Å². The topological polar surface area (TPSA) is 65.1 Å². The molecule has 1 aliphatic carbocycles. The minimum Gasteiger partial charge on any atom is -0.383 e. The summed E-state index contributed by atoms with van der Waals surface area (Å²) in [6.07, 6.45) is -0.529. The molecule has 0 amide bonds. The van der Waals surface area contributed by atoms with Crippen LogP contribution < -0.4 is 4.90 Å². The minimum absolute atomic E-state index is 0.236. The molecule has 240 valence electrons. The highest BCUT2D eigenvalue weighted by molar-refractivity contribution is 5.56. The Balaban J connectivity index is 1.44. The molecule has 1 fully saturated rings. The first-order valence-corrected chi connectivity index (χ1v) is 16.0. The zero-order valence-corrected chi connectivity index (χ0v) is 26.5. The number of nitrogens with zero attached hydrogens (tertiary/aromatic N) is 4. The van der Waals surface area contributed by atoms with Crippen molar-refractivity contribution in [2.24, 2.45) is 0 Å². The average molecular weight is 635 g/mol. The third-order valence-electron chi connectivity index (χ3n) is 9.54. The number of hydrogen-bond donors (Lipinski definition) is 1. The number of hydrogen-bond acceptors (Lipinski definition) is 4. The van der Waals surface area contributed by atoms with Crippen molar-refractivity contribution in [2.45, 2.75) is 62.9 Å². The fourth-order valence-electron chi connectivity index (χ4n) is 7.41. The molecule has 2 unspecified atom stereocenters. The lowest BCUT2D eigenvalue weighted by molar-refractivity contribution is -0.137. The van der Waals surface area contributed by atoms with Crippen LogP contribution in [0, 0.1) is 18.3 Å². The number of imidazole rings is 1. The van der Waals surface area contributed by atoms with Crippen LogP contribution >= 0.6 is 0 Å². The fraction of sp³-hybridized carbons (Fsp3) is 0.282. The van der Waals surface area contributed by atoms with Gasteiger partial charge in [-0.2, -0.15) is 18.4 Å². The van der Waals surface area contributed by atoms with Crippen molar-refractivity contribution >= 4 is 5.69 Å². The van der Waals surface area contributed by atoms with Crippen molar-refractivity contribution < 1.29 is 18.3 Å². The molecule has 47 heavy (non-hydrogen) atoms. The first kappa shape index (κ1) is 32.1. The van der Waals surface area contributed by atoms with Crippen molar-refractivity contribution in [3.8, 4) is 6.07 Å². The van der Waals surface area contributed by atoms with Gasteiger partial charge in [0.15, 0.2) is 0 Å². The summed E-state index contributed by atoms with van der Waals surface area (Å²) in [6.45, 7) is 4.28.